The van der Waals surface area contributed by atoms with Crippen molar-refractivity contribution in [3.8, 4) is 0 Å². The highest BCUT2D eigenvalue weighted by Gasteiger charge is 2.35. The third-order valence-electron chi connectivity index (χ3n) is 4.05. The second-order valence-corrected chi connectivity index (χ2v) is 5.48. The Morgan fingerprint density at radius 2 is 1.76 bits per heavy atom. The van der Waals surface area contributed by atoms with E-state index < -0.39 is 5.97 Å². The first kappa shape index (κ1) is 12.4. The standard InChI is InChI=1S/C13H21NO3/c15-12(6-9-4-2-1-3-5-9)14-11-7-10(8-11)13(16)17/h9-11H,1-8H2,(H,14,15)(H,16,17). The van der Waals surface area contributed by atoms with Gasteiger partial charge in [-0.15, -0.1) is 0 Å². The molecule has 0 aromatic heterocycles. The van der Waals surface area contributed by atoms with Crippen molar-refractivity contribution in [2.75, 3.05) is 0 Å². The number of carboxylic acid groups (broad SMARTS) is 1. The molecule has 0 heterocycles. The van der Waals surface area contributed by atoms with Gasteiger partial charge >= 0.3 is 5.97 Å². The van der Waals surface area contributed by atoms with Crippen LogP contribution in [0.25, 0.3) is 0 Å². The van der Waals surface area contributed by atoms with Crippen LogP contribution in [0.1, 0.15) is 51.4 Å². The van der Waals surface area contributed by atoms with Gasteiger partial charge in [-0.05, 0) is 31.6 Å². The molecule has 1 amide bonds. The van der Waals surface area contributed by atoms with E-state index in [1.54, 1.807) is 0 Å². The lowest BCUT2D eigenvalue weighted by molar-refractivity contribution is -0.146. The lowest BCUT2D eigenvalue weighted by atomic mass is 9.80. The Bertz CT molecular complexity index is 291. The molecule has 2 aliphatic rings. The van der Waals surface area contributed by atoms with Crippen molar-refractivity contribution in [3.05, 3.63) is 0 Å². The van der Waals surface area contributed by atoms with Crippen LogP contribution in [-0.4, -0.2) is 23.0 Å². The molecule has 0 aromatic carbocycles. The van der Waals surface area contributed by atoms with Crippen LogP contribution in [0.15, 0.2) is 0 Å². The molecule has 4 heteroatoms. The van der Waals surface area contributed by atoms with Crippen LogP contribution in [0.5, 0.6) is 0 Å². The Hall–Kier alpha value is -1.06. The van der Waals surface area contributed by atoms with Gasteiger partial charge < -0.3 is 10.4 Å². The number of rotatable bonds is 4. The first-order valence-corrected chi connectivity index (χ1v) is 6.67. The van der Waals surface area contributed by atoms with Crippen LogP contribution in [0, 0.1) is 11.8 Å². The van der Waals surface area contributed by atoms with Crippen LogP contribution in [-0.2, 0) is 9.59 Å². The van der Waals surface area contributed by atoms with E-state index in [0.717, 1.165) is 0 Å². The van der Waals surface area contributed by atoms with Gasteiger partial charge in [-0.2, -0.15) is 0 Å². The monoisotopic (exact) mass is 239 g/mol. The summed E-state index contributed by atoms with van der Waals surface area (Å²) < 4.78 is 0. The van der Waals surface area contributed by atoms with E-state index in [1.807, 2.05) is 0 Å². The Kier molecular flexibility index (Phi) is 4.02. The SMILES string of the molecule is O=C(CC1CCCCC1)NC1CC(C(=O)O)C1. The smallest absolute Gasteiger partial charge is 0.306 e. The fourth-order valence-electron chi connectivity index (χ4n) is 2.88. The highest BCUT2D eigenvalue weighted by Crippen LogP contribution is 2.29. The summed E-state index contributed by atoms with van der Waals surface area (Å²) in [6.45, 7) is 0. The largest absolute Gasteiger partial charge is 0.481 e. The lowest BCUT2D eigenvalue weighted by Gasteiger charge is -2.33. The Morgan fingerprint density at radius 1 is 1.12 bits per heavy atom. The molecule has 0 radical (unpaired) electrons. The molecule has 2 fully saturated rings. The molecule has 0 saturated heterocycles. The Balaban J connectivity index is 1.63. The zero-order chi connectivity index (χ0) is 12.3. The first-order valence-electron chi connectivity index (χ1n) is 6.67. The van der Waals surface area contributed by atoms with E-state index in [4.69, 9.17) is 5.11 Å². The van der Waals surface area contributed by atoms with Gasteiger partial charge in [-0.25, -0.2) is 0 Å². The molecule has 2 N–H and O–H groups in total. The van der Waals surface area contributed by atoms with Gasteiger partial charge in [0, 0.05) is 12.5 Å². The number of nitrogens with one attached hydrogen (secondary N) is 1. The summed E-state index contributed by atoms with van der Waals surface area (Å²) in [6, 6.07) is 0.104. The maximum Gasteiger partial charge on any atom is 0.306 e. The summed E-state index contributed by atoms with van der Waals surface area (Å²) in [5, 5.41) is 11.7. The van der Waals surface area contributed by atoms with Gasteiger partial charge in [0.1, 0.15) is 0 Å². The molecule has 0 spiro atoms. The average Bonchev–Trinajstić information content (AvgIpc) is 2.23. The van der Waals surface area contributed by atoms with E-state index >= 15 is 0 Å². The van der Waals surface area contributed by atoms with Crippen LogP contribution in [0.4, 0.5) is 0 Å². The van der Waals surface area contributed by atoms with Crippen molar-refractivity contribution in [3.63, 3.8) is 0 Å². The minimum atomic E-state index is -0.734. The topological polar surface area (TPSA) is 66.4 Å². The number of hydrogen-bond donors (Lipinski definition) is 2. The van der Waals surface area contributed by atoms with Crippen LogP contribution < -0.4 is 5.32 Å². The van der Waals surface area contributed by atoms with Crippen molar-refractivity contribution in [1.29, 1.82) is 0 Å². The molecule has 2 aliphatic carbocycles. The maximum atomic E-state index is 11.7. The van der Waals surface area contributed by atoms with Gasteiger partial charge in [-0.1, -0.05) is 19.3 Å². The van der Waals surface area contributed by atoms with Gasteiger partial charge in [0.15, 0.2) is 0 Å². The van der Waals surface area contributed by atoms with Crippen molar-refractivity contribution in [2.45, 2.75) is 57.4 Å². The van der Waals surface area contributed by atoms with E-state index in [0.29, 0.717) is 25.2 Å². The number of carbonyl (C=O) groups is 2. The fraction of sp³-hybridized carbons (Fsp3) is 0.846. The summed E-state index contributed by atoms with van der Waals surface area (Å²) in [6.07, 6.45) is 8.00. The second-order valence-electron chi connectivity index (χ2n) is 5.48. The third-order valence-corrected chi connectivity index (χ3v) is 4.05. The van der Waals surface area contributed by atoms with Crippen molar-refractivity contribution in [2.24, 2.45) is 11.8 Å². The highest BCUT2D eigenvalue weighted by molar-refractivity contribution is 5.77. The summed E-state index contributed by atoms with van der Waals surface area (Å²) in [5.41, 5.74) is 0. The van der Waals surface area contributed by atoms with E-state index in [-0.39, 0.29) is 17.9 Å². The molecule has 0 unspecified atom stereocenters. The summed E-state index contributed by atoms with van der Waals surface area (Å²) in [5.74, 6) is -0.303. The molecule has 0 aliphatic heterocycles. The zero-order valence-corrected chi connectivity index (χ0v) is 10.2. The second kappa shape index (κ2) is 5.52. The lowest BCUT2D eigenvalue weighted by Crippen LogP contribution is -2.47. The molecular weight excluding hydrogens is 218 g/mol. The molecule has 0 atom stereocenters. The van der Waals surface area contributed by atoms with Gasteiger partial charge in [0.25, 0.3) is 0 Å². The Morgan fingerprint density at radius 3 is 2.35 bits per heavy atom. The quantitative estimate of drug-likeness (QED) is 0.787. The first-order chi connectivity index (χ1) is 8.15. The van der Waals surface area contributed by atoms with E-state index in [2.05, 4.69) is 5.32 Å². The molecular formula is C13H21NO3. The van der Waals surface area contributed by atoms with Crippen molar-refractivity contribution in [1.82, 2.24) is 5.32 Å². The van der Waals surface area contributed by atoms with E-state index in [1.165, 1.54) is 32.1 Å². The summed E-state index contributed by atoms with van der Waals surface area (Å²) in [7, 11) is 0. The van der Waals surface area contributed by atoms with Crippen LogP contribution >= 0.6 is 0 Å². The fourth-order valence-corrected chi connectivity index (χ4v) is 2.88. The minimum absolute atomic E-state index is 0.104. The van der Waals surface area contributed by atoms with Gasteiger partial charge in [0.2, 0.25) is 5.91 Å². The molecule has 0 aromatic rings. The number of aliphatic carboxylic acids is 1. The summed E-state index contributed by atoms with van der Waals surface area (Å²) in [4.78, 5) is 22.3. The van der Waals surface area contributed by atoms with Crippen LogP contribution in [0.3, 0.4) is 0 Å². The van der Waals surface area contributed by atoms with E-state index in [9.17, 15) is 9.59 Å². The predicted molar refractivity (Wildman–Crippen MR) is 63.5 cm³/mol. The van der Waals surface area contributed by atoms with Gasteiger partial charge in [-0.3, -0.25) is 9.59 Å². The van der Waals surface area contributed by atoms with Crippen molar-refractivity contribution >= 4 is 11.9 Å². The molecule has 4 nitrogen and oxygen atoms in total. The van der Waals surface area contributed by atoms with Gasteiger partial charge in [0.05, 0.1) is 5.92 Å². The number of hydrogen-bond acceptors (Lipinski definition) is 2. The molecule has 2 saturated carbocycles. The predicted octanol–water partition coefficient (Wildman–Crippen LogP) is 1.94. The number of carboxylic acids is 1. The average molecular weight is 239 g/mol. The number of amides is 1. The Labute approximate surface area is 102 Å². The third kappa shape index (κ3) is 3.45. The summed E-state index contributed by atoms with van der Waals surface area (Å²) >= 11 is 0. The molecule has 96 valence electrons. The minimum Gasteiger partial charge on any atom is -0.481 e. The zero-order valence-electron chi connectivity index (χ0n) is 10.2. The maximum absolute atomic E-state index is 11.7. The normalized spacial score (nSPS) is 29.4. The molecule has 2 rings (SSSR count). The molecule has 17 heavy (non-hydrogen) atoms. The highest BCUT2D eigenvalue weighted by atomic mass is 16.4. The number of carbonyl (C=O) groups excluding carboxylic acids is 1. The molecule has 0 bridgehead atoms. The van der Waals surface area contributed by atoms with Crippen LogP contribution in [0.2, 0.25) is 0 Å². The van der Waals surface area contributed by atoms with Crippen molar-refractivity contribution < 1.29 is 14.7 Å².